The first-order valence-electron chi connectivity index (χ1n) is 11.7. The van der Waals surface area contributed by atoms with Gasteiger partial charge in [-0.15, -0.1) is 0 Å². The molecule has 1 heterocycles. The average Bonchev–Trinajstić information content (AvgIpc) is 2.77. The molecule has 0 aliphatic carbocycles. The van der Waals surface area contributed by atoms with Gasteiger partial charge in [0.1, 0.15) is 5.92 Å². The van der Waals surface area contributed by atoms with E-state index in [1.54, 1.807) is 0 Å². The van der Waals surface area contributed by atoms with E-state index in [4.69, 9.17) is 0 Å². The number of hydrogen-bond donors (Lipinski definition) is 3. The zero-order valence-electron chi connectivity index (χ0n) is 19.2. The Kier molecular flexibility index (Phi) is 10.7. The van der Waals surface area contributed by atoms with Gasteiger partial charge in [0, 0.05) is 19.5 Å². The number of nitrogens with one attached hydrogen (secondary N) is 1. The lowest BCUT2D eigenvalue weighted by molar-refractivity contribution is -0.135. The van der Waals surface area contributed by atoms with Crippen molar-refractivity contribution in [1.29, 1.82) is 5.26 Å². The Bertz CT molecular complexity index is 758. The van der Waals surface area contributed by atoms with Crippen molar-refractivity contribution in [2.45, 2.75) is 64.7 Å². The Balaban J connectivity index is 1.70. The van der Waals surface area contributed by atoms with Crippen molar-refractivity contribution in [2.75, 3.05) is 13.1 Å². The minimum atomic E-state index is -1.62. The molecule has 3 N–H and O–H groups in total. The van der Waals surface area contributed by atoms with Crippen molar-refractivity contribution < 1.29 is 19.6 Å². The molecule has 0 aromatic heterocycles. The molecule has 1 saturated heterocycles. The predicted molar refractivity (Wildman–Crippen MR) is 124 cm³/mol. The highest BCUT2D eigenvalue weighted by molar-refractivity contribution is 6.43. The average molecular weight is 441 g/mol. The normalized spacial score (nSPS) is 16.3. The standard InChI is InChI=1S/C24H36BN3O4/c1-18(2)15-21(17-26)24(30)28-13-11-19(12-14-28)9-6-10-23(29)27-22(25(31)32)16-20-7-4-3-5-8-20/h3-5,7-8,18-19,21-22,31-32H,6,9-16H2,1-2H3,(H,27,29)/t21?,22-/m0/s1. The summed E-state index contributed by atoms with van der Waals surface area (Å²) >= 11 is 0. The number of piperidine rings is 1. The number of rotatable bonds is 11. The number of hydrogen-bond acceptors (Lipinski definition) is 5. The highest BCUT2D eigenvalue weighted by Crippen LogP contribution is 2.25. The summed E-state index contributed by atoms with van der Waals surface area (Å²) in [6, 6.07) is 11.6. The monoisotopic (exact) mass is 441 g/mol. The van der Waals surface area contributed by atoms with E-state index in [-0.39, 0.29) is 11.8 Å². The Morgan fingerprint density at radius 1 is 1.22 bits per heavy atom. The van der Waals surface area contributed by atoms with E-state index in [1.807, 2.05) is 49.1 Å². The van der Waals surface area contributed by atoms with Crippen LogP contribution in [0.15, 0.2) is 30.3 Å². The fourth-order valence-corrected chi connectivity index (χ4v) is 4.27. The van der Waals surface area contributed by atoms with E-state index in [1.165, 1.54) is 0 Å². The molecule has 1 unspecified atom stereocenters. The zero-order valence-corrected chi connectivity index (χ0v) is 19.2. The molecule has 174 valence electrons. The second-order valence-electron chi connectivity index (χ2n) is 9.25. The maximum atomic E-state index is 12.6. The van der Waals surface area contributed by atoms with Gasteiger partial charge in [-0.2, -0.15) is 5.26 Å². The van der Waals surface area contributed by atoms with E-state index in [2.05, 4.69) is 11.4 Å². The largest absolute Gasteiger partial charge is 0.475 e. The SMILES string of the molecule is CC(C)CC(C#N)C(=O)N1CCC(CCCC(=O)N[C@@H](Cc2ccccc2)B(O)O)CC1. The summed E-state index contributed by atoms with van der Waals surface area (Å²) in [6.07, 6.45) is 4.68. The van der Waals surface area contributed by atoms with Crippen LogP contribution in [0.3, 0.4) is 0 Å². The Labute approximate surface area is 192 Å². The molecular formula is C24H36BN3O4. The number of likely N-dealkylation sites (tertiary alicyclic amines) is 1. The fraction of sp³-hybridized carbons (Fsp3) is 0.625. The van der Waals surface area contributed by atoms with Gasteiger partial charge >= 0.3 is 7.12 Å². The third-order valence-electron chi connectivity index (χ3n) is 6.11. The lowest BCUT2D eigenvalue weighted by Gasteiger charge is -2.33. The van der Waals surface area contributed by atoms with E-state index >= 15 is 0 Å². The van der Waals surface area contributed by atoms with Crippen molar-refractivity contribution in [3.05, 3.63) is 35.9 Å². The summed E-state index contributed by atoms with van der Waals surface area (Å²) < 4.78 is 0. The van der Waals surface area contributed by atoms with Gasteiger partial charge in [-0.25, -0.2) is 0 Å². The first kappa shape index (κ1) is 25.9. The van der Waals surface area contributed by atoms with Crippen LogP contribution in [-0.4, -0.2) is 52.9 Å². The van der Waals surface area contributed by atoms with Crippen molar-refractivity contribution >= 4 is 18.9 Å². The molecule has 8 heteroatoms. The molecule has 32 heavy (non-hydrogen) atoms. The van der Waals surface area contributed by atoms with Crippen LogP contribution < -0.4 is 5.32 Å². The molecule has 1 aromatic carbocycles. The van der Waals surface area contributed by atoms with Crippen molar-refractivity contribution in [2.24, 2.45) is 17.8 Å². The number of nitriles is 1. The molecule has 2 rings (SSSR count). The fourth-order valence-electron chi connectivity index (χ4n) is 4.27. The predicted octanol–water partition coefficient (Wildman–Crippen LogP) is 2.32. The van der Waals surface area contributed by atoms with Crippen molar-refractivity contribution in [1.82, 2.24) is 10.2 Å². The number of nitrogens with zero attached hydrogens (tertiary/aromatic N) is 2. The molecule has 7 nitrogen and oxygen atoms in total. The van der Waals surface area contributed by atoms with Gasteiger partial charge in [0.25, 0.3) is 0 Å². The molecule has 1 fully saturated rings. The van der Waals surface area contributed by atoms with Crippen LogP contribution in [0, 0.1) is 29.1 Å². The summed E-state index contributed by atoms with van der Waals surface area (Å²) in [5, 5.41) is 31.3. The van der Waals surface area contributed by atoms with Crippen LogP contribution in [0.2, 0.25) is 0 Å². The molecule has 0 bridgehead atoms. The van der Waals surface area contributed by atoms with Gasteiger partial charge in [0.2, 0.25) is 11.8 Å². The molecule has 2 amide bonds. The second-order valence-corrected chi connectivity index (χ2v) is 9.25. The van der Waals surface area contributed by atoms with E-state index in [0.29, 0.717) is 44.2 Å². The van der Waals surface area contributed by atoms with E-state index in [0.717, 1.165) is 31.2 Å². The summed E-state index contributed by atoms with van der Waals surface area (Å²) in [7, 11) is -1.62. The van der Waals surface area contributed by atoms with Crippen LogP contribution >= 0.6 is 0 Å². The summed E-state index contributed by atoms with van der Waals surface area (Å²) in [5.74, 6) is -0.755. The van der Waals surface area contributed by atoms with Gasteiger partial charge in [-0.1, -0.05) is 44.2 Å². The van der Waals surface area contributed by atoms with Gasteiger partial charge in [-0.05, 0) is 55.9 Å². The molecule has 2 atom stereocenters. The molecular weight excluding hydrogens is 405 g/mol. The summed E-state index contributed by atoms with van der Waals surface area (Å²) in [6.45, 7) is 5.37. The summed E-state index contributed by atoms with van der Waals surface area (Å²) in [4.78, 5) is 26.7. The van der Waals surface area contributed by atoms with Crippen LogP contribution in [0.25, 0.3) is 0 Å². The van der Waals surface area contributed by atoms with Gasteiger partial charge < -0.3 is 20.3 Å². The number of benzene rings is 1. The van der Waals surface area contributed by atoms with E-state index in [9.17, 15) is 24.9 Å². The lowest BCUT2D eigenvalue weighted by Crippen LogP contribution is -2.47. The highest BCUT2D eigenvalue weighted by atomic mass is 16.4. The van der Waals surface area contributed by atoms with E-state index < -0.39 is 19.0 Å². The molecule has 0 spiro atoms. The van der Waals surface area contributed by atoms with Crippen LogP contribution in [0.5, 0.6) is 0 Å². The maximum absolute atomic E-state index is 12.6. The van der Waals surface area contributed by atoms with Crippen LogP contribution in [0.4, 0.5) is 0 Å². The molecule has 0 saturated carbocycles. The van der Waals surface area contributed by atoms with Crippen molar-refractivity contribution in [3.8, 4) is 6.07 Å². The Hall–Kier alpha value is -2.37. The topological polar surface area (TPSA) is 114 Å². The summed E-state index contributed by atoms with van der Waals surface area (Å²) in [5.41, 5.74) is 0.930. The number of carbonyl (C=O) groups is 2. The van der Waals surface area contributed by atoms with Crippen LogP contribution in [0.1, 0.15) is 57.9 Å². The molecule has 0 radical (unpaired) electrons. The minimum Gasteiger partial charge on any atom is -0.426 e. The lowest BCUT2D eigenvalue weighted by atomic mass is 9.76. The second kappa shape index (κ2) is 13.2. The highest BCUT2D eigenvalue weighted by Gasteiger charge is 2.29. The first-order valence-corrected chi connectivity index (χ1v) is 11.7. The molecule has 1 aliphatic heterocycles. The Morgan fingerprint density at radius 3 is 2.44 bits per heavy atom. The van der Waals surface area contributed by atoms with Crippen LogP contribution in [-0.2, 0) is 16.0 Å². The Morgan fingerprint density at radius 2 is 1.88 bits per heavy atom. The van der Waals surface area contributed by atoms with Gasteiger partial charge in [0.05, 0.1) is 12.0 Å². The zero-order chi connectivity index (χ0) is 23.5. The molecule has 1 aromatic rings. The quantitative estimate of drug-likeness (QED) is 0.456. The number of carbonyl (C=O) groups excluding carboxylic acids is 2. The maximum Gasteiger partial charge on any atom is 0.475 e. The van der Waals surface area contributed by atoms with Crippen molar-refractivity contribution in [3.63, 3.8) is 0 Å². The smallest absolute Gasteiger partial charge is 0.426 e. The number of amides is 2. The third-order valence-corrected chi connectivity index (χ3v) is 6.11. The first-order chi connectivity index (χ1) is 15.3. The third kappa shape index (κ3) is 8.64. The van der Waals surface area contributed by atoms with Gasteiger partial charge in [0.15, 0.2) is 0 Å². The van der Waals surface area contributed by atoms with Gasteiger partial charge in [-0.3, -0.25) is 9.59 Å². The molecule has 1 aliphatic rings. The minimum absolute atomic E-state index is 0.0500.